The van der Waals surface area contributed by atoms with Crippen LogP contribution in [0.3, 0.4) is 0 Å². The number of hydrogen-bond acceptors (Lipinski definition) is 3. The van der Waals surface area contributed by atoms with Gasteiger partial charge >= 0.3 is 6.03 Å². The van der Waals surface area contributed by atoms with Crippen LogP contribution in [0.15, 0.2) is 43.0 Å². The molecule has 0 saturated carbocycles. The summed E-state index contributed by atoms with van der Waals surface area (Å²) in [6.07, 6.45) is 3.59. The maximum absolute atomic E-state index is 12.2. The number of aliphatic hydroxyl groups is 1. The fraction of sp³-hybridized carbons (Fsp3) is 0.500. The van der Waals surface area contributed by atoms with Crippen molar-refractivity contribution in [3.05, 3.63) is 48.6 Å². The van der Waals surface area contributed by atoms with Crippen LogP contribution in [0.1, 0.15) is 18.4 Å². The summed E-state index contributed by atoms with van der Waals surface area (Å²) in [6.45, 7) is 7.36. The zero-order valence-corrected chi connectivity index (χ0v) is 13.7. The second-order valence-electron chi connectivity index (χ2n) is 5.94. The predicted octanol–water partition coefficient (Wildman–Crippen LogP) is 1.84. The lowest BCUT2D eigenvalue weighted by Crippen LogP contribution is -2.49. The molecule has 2 amide bonds. The molecule has 1 aromatic rings. The van der Waals surface area contributed by atoms with E-state index in [1.165, 1.54) is 5.56 Å². The number of nitrogens with zero attached hydrogens (tertiary/aromatic N) is 2. The number of amides is 2. The van der Waals surface area contributed by atoms with E-state index in [1.54, 1.807) is 11.0 Å². The summed E-state index contributed by atoms with van der Waals surface area (Å²) in [5.41, 5.74) is 1.33. The van der Waals surface area contributed by atoms with Gasteiger partial charge in [-0.1, -0.05) is 36.4 Å². The van der Waals surface area contributed by atoms with Crippen molar-refractivity contribution in [1.29, 1.82) is 0 Å². The van der Waals surface area contributed by atoms with Crippen molar-refractivity contribution >= 4 is 6.03 Å². The quantitative estimate of drug-likeness (QED) is 0.755. The Morgan fingerprint density at radius 3 is 2.65 bits per heavy atom. The molecular weight excluding hydrogens is 290 g/mol. The molecule has 1 aliphatic rings. The molecule has 0 aromatic heterocycles. The monoisotopic (exact) mass is 317 g/mol. The third-order valence-electron chi connectivity index (χ3n) is 4.17. The summed E-state index contributed by atoms with van der Waals surface area (Å²) in [6, 6.07) is 10.6. The molecule has 2 rings (SSSR count). The Morgan fingerprint density at radius 2 is 2.04 bits per heavy atom. The van der Waals surface area contributed by atoms with E-state index in [9.17, 15) is 4.79 Å². The van der Waals surface area contributed by atoms with Crippen molar-refractivity contribution < 1.29 is 9.90 Å². The molecule has 2 N–H and O–H groups in total. The Bertz CT molecular complexity index is 484. The summed E-state index contributed by atoms with van der Waals surface area (Å²) >= 11 is 0. The molecular formula is C18H27N3O2. The lowest BCUT2D eigenvalue weighted by molar-refractivity contribution is 0.162. The van der Waals surface area contributed by atoms with Crippen LogP contribution in [0.5, 0.6) is 0 Å². The van der Waals surface area contributed by atoms with Gasteiger partial charge in [0.2, 0.25) is 0 Å². The molecule has 1 saturated heterocycles. The number of carbonyl (C=O) groups excluding carboxylic acids is 1. The van der Waals surface area contributed by atoms with Gasteiger partial charge in [-0.05, 0) is 18.4 Å². The van der Waals surface area contributed by atoms with Crippen LogP contribution in [0.4, 0.5) is 4.79 Å². The van der Waals surface area contributed by atoms with E-state index in [1.807, 2.05) is 6.07 Å². The second kappa shape index (κ2) is 9.33. The molecule has 0 aliphatic carbocycles. The third-order valence-corrected chi connectivity index (χ3v) is 4.17. The van der Waals surface area contributed by atoms with Crippen LogP contribution >= 0.6 is 0 Å². The molecule has 23 heavy (non-hydrogen) atoms. The number of urea groups is 1. The Morgan fingerprint density at radius 1 is 1.35 bits per heavy atom. The Balaban J connectivity index is 1.75. The molecule has 5 heteroatoms. The minimum absolute atomic E-state index is 0.0310. The van der Waals surface area contributed by atoms with Crippen LogP contribution in [0.25, 0.3) is 0 Å². The highest BCUT2D eigenvalue weighted by Gasteiger charge is 2.22. The van der Waals surface area contributed by atoms with Crippen molar-refractivity contribution in [2.24, 2.45) is 0 Å². The van der Waals surface area contributed by atoms with Gasteiger partial charge in [0.05, 0.1) is 6.61 Å². The number of rotatable bonds is 7. The first-order valence-corrected chi connectivity index (χ1v) is 8.26. The molecule has 0 spiro atoms. The Labute approximate surface area is 138 Å². The summed E-state index contributed by atoms with van der Waals surface area (Å²) in [5, 5.41) is 12.1. The highest BCUT2D eigenvalue weighted by molar-refractivity contribution is 5.74. The zero-order chi connectivity index (χ0) is 16.5. The topological polar surface area (TPSA) is 55.8 Å². The number of piperidine rings is 1. The van der Waals surface area contributed by atoms with E-state index in [0.717, 1.165) is 32.5 Å². The van der Waals surface area contributed by atoms with Gasteiger partial charge in [-0.2, -0.15) is 0 Å². The van der Waals surface area contributed by atoms with Crippen LogP contribution in [-0.2, 0) is 6.54 Å². The molecule has 1 aliphatic heterocycles. The first-order valence-electron chi connectivity index (χ1n) is 8.26. The summed E-state index contributed by atoms with van der Waals surface area (Å²) in [4.78, 5) is 16.2. The van der Waals surface area contributed by atoms with E-state index in [4.69, 9.17) is 5.11 Å². The lowest BCUT2D eigenvalue weighted by atomic mass is 10.0. The first-order chi connectivity index (χ1) is 11.2. The van der Waals surface area contributed by atoms with Crippen molar-refractivity contribution in [1.82, 2.24) is 15.1 Å². The van der Waals surface area contributed by atoms with Crippen molar-refractivity contribution in [2.75, 3.05) is 32.8 Å². The molecule has 0 bridgehead atoms. The fourth-order valence-corrected chi connectivity index (χ4v) is 2.90. The van der Waals surface area contributed by atoms with E-state index < -0.39 is 0 Å². The van der Waals surface area contributed by atoms with Gasteiger partial charge in [-0.25, -0.2) is 4.79 Å². The maximum atomic E-state index is 12.2. The molecule has 1 fully saturated rings. The number of hydrogen-bond donors (Lipinski definition) is 2. The van der Waals surface area contributed by atoms with Gasteiger partial charge < -0.3 is 15.3 Å². The molecule has 1 heterocycles. The van der Waals surface area contributed by atoms with Crippen LogP contribution < -0.4 is 5.32 Å². The molecule has 126 valence electrons. The van der Waals surface area contributed by atoms with E-state index in [0.29, 0.717) is 13.1 Å². The number of carbonyl (C=O) groups is 1. The molecule has 5 nitrogen and oxygen atoms in total. The van der Waals surface area contributed by atoms with Crippen molar-refractivity contribution in [2.45, 2.75) is 25.4 Å². The summed E-state index contributed by atoms with van der Waals surface area (Å²) < 4.78 is 0. The average molecular weight is 317 g/mol. The summed E-state index contributed by atoms with van der Waals surface area (Å²) in [7, 11) is 0. The highest BCUT2D eigenvalue weighted by Crippen LogP contribution is 2.14. The standard InChI is InChI=1S/C18H27N3O2/c1-2-10-21(13-14-22)18(23)19-17-8-11-20(12-9-17)15-16-6-4-3-5-7-16/h2-7,17,22H,1,8-15H2,(H,19,23). The van der Waals surface area contributed by atoms with Crippen molar-refractivity contribution in [3.63, 3.8) is 0 Å². The van der Waals surface area contributed by atoms with Crippen LogP contribution in [0.2, 0.25) is 0 Å². The van der Waals surface area contributed by atoms with Crippen molar-refractivity contribution in [3.8, 4) is 0 Å². The SMILES string of the molecule is C=CCN(CCO)C(=O)NC1CCN(Cc2ccccc2)CC1. The molecule has 0 unspecified atom stereocenters. The fourth-order valence-electron chi connectivity index (χ4n) is 2.90. The Kier molecular flexibility index (Phi) is 7.10. The van der Waals surface area contributed by atoms with Gasteiger partial charge in [0.15, 0.2) is 0 Å². The summed E-state index contributed by atoms with van der Waals surface area (Å²) in [5.74, 6) is 0. The number of likely N-dealkylation sites (tertiary alicyclic amines) is 1. The lowest BCUT2D eigenvalue weighted by Gasteiger charge is -2.33. The number of aliphatic hydroxyl groups excluding tert-OH is 1. The third kappa shape index (κ3) is 5.69. The maximum Gasteiger partial charge on any atom is 0.317 e. The number of benzene rings is 1. The van der Waals surface area contributed by atoms with Gasteiger partial charge in [0.1, 0.15) is 0 Å². The average Bonchev–Trinajstić information content (AvgIpc) is 2.57. The smallest absolute Gasteiger partial charge is 0.317 e. The molecule has 1 aromatic carbocycles. The zero-order valence-electron chi connectivity index (χ0n) is 13.7. The second-order valence-corrected chi connectivity index (χ2v) is 5.94. The number of nitrogens with one attached hydrogen (secondary N) is 1. The van der Waals surface area contributed by atoms with Gasteiger partial charge in [0.25, 0.3) is 0 Å². The van der Waals surface area contributed by atoms with E-state index >= 15 is 0 Å². The molecule has 0 radical (unpaired) electrons. The van der Waals surface area contributed by atoms with Crippen LogP contribution in [-0.4, -0.2) is 59.8 Å². The van der Waals surface area contributed by atoms with Gasteiger partial charge in [-0.3, -0.25) is 4.90 Å². The van der Waals surface area contributed by atoms with E-state index in [-0.39, 0.29) is 18.7 Å². The minimum atomic E-state index is -0.111. The predicted molar refractivity (Wildman–Crippen MR) is 92.1 cm³/mol. The first kappa shape index (κ1) is 17.5. The minimum Gasteiger partial charge on any atom is -0.395 e. The largest absolute Gasteiger partial charge is 0.395 e. The van der Waals surface area contributed by atoms with Crippen LogP contribution in [0, 0.1) is 0 Å². The van der Waals surface area contributed by atoms with Gasteiger partial charge in [-0.15, -0.1) is 6.58 Å². The Hall–Kier alpha value is -1.85. The molecule has 0 atom stereocenters. The van der Waals surface area contributed by atoms with E-state index in [2.05, 4.69) is 41.1 Å². The van der Waals surface area contributed by atoms with Gasteiger partial charge in [0, 0.05) is 38.8 Å². The normalized spacial score (nSPS) is 16.0. The highest BCUT2D eigenvalue weighted by atomic mass is 16.3.